The lowest BCUT2D eigenvalue weighted by Gasteiger charge is -2.16. The standard InChI is InChI=1S/C11H13NO2/c1-14-11-5-7-3-2-4-10(13)8(7)6-9(11)12/h5-6H,2-4,12H2,1H3. The number of rotatable bonds is 1. The van der Waals surface area contributed by atoms with Gasteiger partial charge in [0.15, 0.2) is 5.78 Å². The summed E-state index contributed by atoms with van der Waals surface area (Å²) in [4.78, 5) is 11.5. The number of ether oxygens (including phenoxy) is 1. The molecule has 2 N–H and O–H groups in total. The highest BCUT2D eigenvalue weighted by molar-refractivity contribution is 5.99. The summed E-state index contributed by atoms with van der Waals surface area (Å²) in [6, 6.07) is 3.61. The van der Waals surface area contributed by atoms with Crippen molar-refractivity contribution >= 4 is 11.5 Å². The quantitative estimate of drug-likeness (QED) is 0.688. The third-order valence-electron chi connectivity index (χ3n) is 2.61. The zero-order chi connectivity index (χ0) is 10.1. The van der Waals surface area contributed by atoms with Crippen LogP contribution >= 0.6 is 0 Å². The average molecular weight is 191 g/mol. The van der Waals surface area contributed by atoms with E-state index in [1.165, 1.54) is 0 Å². The van der Waals surface area contributed by atoms with Crippen molar-refractivity contribution in [1.82, 2.24) is 0 Å². The molecule has 0 aromatic heterocycles. The van der Waals surface area contributed by atoms with Crippen LogP contribution in [0.3, 0.4) is 0 Å². The van der Waals surface area contributed by atoms with Gasteiger partial charge in [0.2, 0.25) is 0 Å². The van der Waals surface area contributed by atoms with E-state index in [9.17, 15) is 4.79 Å². The van der Waals surface area contributed by atoms with Crippen LogP contribution in [0.25, 0.3) is 0 Å². The number of carbonyl (C=O) groups excluding carboxylic acids is 1. The first kappa shape index (κ1) is 9.06. The fourth-order valence-electron chi connectivity index (χ4n) is 1.86. The van der Waals surface area contributed by atoms with Crippen molar-refractivity contribution in [2.24, 2.45) is 0 Å². The number of Topliss-reactive ketones (excluding diaryl/α,β-unsaturated/α-hetero) is 1. The molecule has 0 heterocycles. The van der Waals surface area contributed by atoms with Gasteiger partial charge in [0, 0.05) is 12.0 Å². The first-order valence-electron chi connectivity index (χ1n) is 4.72. The zero-order valence-corrected chi connectivity index (χ0v) is 8.17. The minimum Gasteiger partial charge on any atom is -0.495 e. The van der Waals surface area contributed by atoms with E-state index in [2.05, 4.69) is 0 Å². The van der Waals surface area contributed by atoms with Crippen molar-refractivity contribution in [3.63, 3.8) is 0 Å². The minimum absolute atomic E-state index is 0.195. The monoisotopic (exact) mass is 191 g/mol. The van der Waals surface area contributed by atoms with Gasteiger partial charge in [0.25, 0.3) is 0 Å². The summed E-state index contributed by atoms with van der Waals surface area (Å²) in [6.45, 7) is 0. The molecule has 2 rings (SSSR count). The van der Waals surface area contributed by atoms with E-state index in [0.717, 1.165) is 24.0 Å². The maximum atomic E-state index is 11.5. The molecule has 3 heteroatoms. The Labute approximate surface area is 82.9 Å². The van der Waals surface area contributed by atoms with Gasteiger partial charge in [-0.1, -0.05) is 0 Å². The molecule has 0 spiro atoms. The Morgan fingerprint density at radius 2 is 2.14 bits per heavy atom. The Morgan fingerprint density at radius 1 is 1.36 bits per heavy atom. The molecular weight excluding hydrogens is 178 g/mol. The first-order chi connectivity index (χ1) is 6.72. The second-order valence-corrected chi connectivity index (χ2v) is 3.53. The molecule has 0 unspecified atom stereocenters. The summed E-state index contributed by atoms with van der Waals surface area (Å²) in [6.07, 6.45) is 2.51. The van der Waals surface area contributed by atoms with Gasteiger partial charge in [-0.25, -0.2) is 0 Å². The molecule has 14 heavy (non-hydrogen) atoms. The number of fused-ring (bicyclic) bond motifs is 1. The van der Waals surface area contributed by atoms with Crippen molar-refractivity contribution in [2.75, 3.05) is 12.8 Å². The SMILES string of the molecule is COc1cc2c(cc1N)C(=O)CCC2. The maximum Gasteiger partial charge on any atom is 0.163 e. The van der Waals surface area contributed by atoms with Crippen LogP contribution in [0.4, 0.5) is 5.69 Å². The summed E-state index contributed by atoms with van der Waals surface area (Å²) in [5.41, 5.74) is 8.12. The first-order valence-corrected chi connectivity index (χ1v) is 4.72. The Hall–Kier alpha value is -1.51. The van der Waals surface area contributed by atoms with Gasteiger partial charge in [-0.05, 0) is 30.5 Å². The lowest BCUT2D eigenvalue weighted by atomic mass is 9.90. The normalized spacial score (nSPS) is 15.1. The minimum atomic E-state index is 0.195. The number of anilines is 1. The summed E-state index contributed by atoms with van der Waals surface area (Å²) in [5.74, 6) is 0.860. The Balaban J connectivity index is 2.54. The number of hydrogen-bond donors (Lipinski definition) is 1. The van der Waals surface area contributed by atoms with E-state index in [4.69, 9.17) is 10.5 Å². The number of aryl methyl sites for hydroxylation is 1. The lowest BCUT2D eigenvalue weighted by molar-refractivity contribution is 0.0972. The largest absolute Gasteiger partial charge is 0.495 e. The summed E-state index contributed by atoms with van der Waals surface area (Å²) >= 11 is 0. The molecule has 1 aromatic carbocycles. The molecule has 0 bridgehead atoms. The second kappa shape index (κ2) is 3.33. The topological polar surface area (TPSA) is 52.3 Å². The average Bonchev–Trinajstić information content (AvgIpc) is 2.19. The van der Waals surface area contributed by atoms with Crippen molar-refractivity contribution in [2.45, 2.75) is 19.3 Å². The molecule has 0 fully saturated rings. The van der Waals surface area contributed by atoms with E-state index in [0.29, 0.717) is 17.9 Å². The molecule has 0 saturated heterocycles. The zero-order valence-electron chi connectivity index (χ0n) is 8.17. The molecule has 0 saturated carbocycles. The van der Waals surface area contributed by atoms with Crippen LogP contribution < -0.4 is 10.5 Å². The molecule has 0 atom stereocenters. The van der Waals surface area contributed by atoms with Crippen LogP contribution in [-0.4, -0.2) is 12.9 Å². The highest BCUT2D eigenvalue weighted by atomic mass is 16.5. The van der Waals surface area contributed by atoms with Crippen molar-refractivity contribution in [3.8, 4) is 5.75 Å². The highest BCUT2D eigenvalue weighted by Crippen LogP contribution is 2.30. The number of hydrogen-bond acceptors (Lipinski definition) is 3. The van der Waals surface area contributed by atoms with E-state index in [1.807, 2.05) is 6.07 Å². The van der Waals surface area contributed by atoms with Crippen molar-refractivity contribution < 1.29 is 9.53 Å². The van der Waals surface area contributed by atoms with Crippen LogP contribution in [0.15, 0.2) is 12.1 Å². The van der Waals surface area contributed by atoms with Crippen LogP contribution in [-0.2, 0) is 6.42 Å². The van der Waals surface area contributed by atoms with Gasteiger partial charge in [0.1, 0.15) is 5.75 Å². The number of benzene rings is 1. The molecular formula is C11H13NO2. The number of nitrogen functional groups attached to an aromatic ring is 1. The molecule has 0 amide bonds. The molecule has 0 aliphatic heterocycles. The van der Waals surface area contributed by atoms with Crippen LogP contribution in [0.5, 0.6) is 5.75 Å². The fourth-order valence-corrected chi connectivity index (χ4v) is 1.86. The van der Waals surface area contributed by atoms with Crippen LogP contribution in [0.2, 0.25) is 0 Å². The van der Waals surface area contributed by atoms with Gasteiger partial charge < -0.3 is 10.5 Å². The van der Waals surface area contributed by atoms with Gasteiger partial charge >= 0.3 is 0 Å². The molecule has 1 aliphatic carbocycles. The van der Waals surface area contributed by atoms with Crippen LogP contribution in [0, 0.1) is 0 Å². The van der Waals surface area contributed by atoms with Crippen molar-refractivity contribution in [1.29, 1.82) is 0 Å². The van der Waals surface area contributed by atoms with E-state index in [-0.39, 0.29) is 5.78 Å². The number of methoxy groups -OCH3 is 1. The molecule has 74 valence electrons. The molecule has 3 nitrogen and oxygen atoms in total. The highest BCUT2D eigenvalue weighted by Gasteiger charge is 2.18. The molecule has 0 radical (unpaired) electrons. The van der Waals surface area contributed by atoms with Gasteiger partial charge in [0.05, 0.1) is 12.8 Å². The third kappa shape index (κ3) is 1.35. The predicted molar refractivity (Wildman–Crippen MR) is 54.7 cm³/mol. The van der Waals surface area contributed by atoms with Gasteiger partial charge in [-0.2, -0.15) is 0 Å². The lowest BCUT2D eigenvalue weighted by Crippen LogP contribution is -2.11. The Morgan fingerprint density at radius 3 is 2.86 bits per heavy atom. The Bertz CT molecular complexity index is 385. The summed E-state index contributed by atoms with van der Waals surface area (Å²) in [7, 11) is 1.59. The smallest absolute Gasteiger partial charge is 0.163 e. The van der Waals surface area contributed by atoms with Gasteiger partial charge in [-0.15, -0.1) is 0 Å². The van der Waals surface area contributed by atoms with E-state index >= 15 is 0 Å². The fraction of sp³-hybridized carbons (Fsp3) is 0.364. The maximum absolute atomic E-state index is 11.5. The third-order valence-corrected chi connectivity index (χ3v) is 2.61. The van der Waals surface area contributed by atoms with Crippen LogP contribution in [0.1, 0.15) is 28.8 Å². The Kier molecular flexibility index (Phi) is 2.15. The number of ketones is 1. The second-order valence-electron chi connectivity index (χ2n) is 3.53. The molecule has 1 aromatic rings. The van der Waals surface area contributed by atoms with Gasteiger partial charge in [-0.3, -0.25) is 4.79 Å². The van der Waals surface area contributed by atoms with E-state index < -0.39 is 0 Å². The number of nitrogens with two attached hydrogens (primary N) is 1. The molecule has 1 aliphatic rings. The predicted octanol–water partition coefficient (Wildman–Crippen LogP) is 1.80. The number of carbonyl (C=O) groups is 1. The van der Waals surface area contributed by atoms with Crippen molar-refractivity contribution in [3.05, 3.63) is 23.3 Å². The summed E-state index contributed by atoms with van der Waals surface area (Å²) < 4.78 is 5.11. The van der Waals surface area contributed by atoms with E-state index in [1.54, 1.807) is 13.2 Å². The summed E-state index contributed by atoms with van der Waals surface area (Å²) in [5, 5.41) is 0.